The van der Waals surface area contributed by atoms with Crippen LogP contribution in [-0.2, 0) is 11.2 Å². The lowest BCUT2D eigenvalue weighted by Gasteiger charge is -2.13. The third-order valence-corrected chi connectivity index (χ3v) is 5.05. The van der Waals surface area contributed by atoms with E-state index in [4.69, 9.17) is 16.3 Å². The van der Waals surface area contributed by atoms with Crippen molar-refractivity contribution in [3.63, 3.8) is 0 Å². The predicted molar refractivity (Wildman–Crippen MR) is 117 cm³/mol. The normalized spacial score (nSPS) is 11.2. The van der Waals surface area contributed by atoms with E-state index in [0.29, 0.717) is 46.8 Å². The molecule has 0 unspecified atom stereocenters. The highest BCUT2D eigenvalue weighted by Gasteiger charge is 2.14. The van der Waals surface area contributed by atoms with Crippen LogP contribution in [0.1, 0.15) is 22.6 Å². The molecule has 0 saturated carbocycles. The van der Waals surface area contributed by atoms with Crippen LogP contribution in [0.3, 0.4) is 0 Å². The maximum atomic E-state index is 13.6. The van der Waals surface area contributed by atoms with Gasteiger partial charge in [-0.3, -0.25) is 0 Å². The number of nitrogens with one attached hydrogen (secondary N) is 1. The van der Waals surface area contributed by atoms with Crippen LogP contribution in [0, 0.1) is 5.82 Å². The number of pyridine rings is 1. The predicted octanol–water partition coefficient (Wildman–Crippen LogP) is 4.99. The number of carboxylic acids is 1. The molecule has 2 heterocycles. The van der Waals surface area contributed by atoms with E-state index in [0.717, 1.165) is 11.8 Å². The Bertz CT molecular complexity index is 1300. The first-order valence-corrected chi connectivity index (χ1v) is 9.88. The maximum absolute atomic E-state index is 13.6. The molecule has 0 fully saturated rings. The molecule has 4 rings (SSSR count). The van der Waals surface area contributed by atoms with Gasteiger partial charge in [-0.2, -0.15) is 0 Å². The fourth-order valence-corrected chi connectivity index (χ4v) is 3.43. The first-order valence-electron chi connectivity index (χ1n) is 9.50. The van der Waals surface area contributed by atoms with Gasteiger partial charge in [0.15, 0.2) is 5.82 Å². The van der Waals surface area contributed by atoms with E-state index in [1.165, 1.54) is 30.3 Å². The fraction of sp³-hybridized carbons (Fsp3) is 0.182. The number of halogens is 2. The first-order chi connectivity index (χ1) is 15.0. The minimum absolute atomic E-state index is 0.0295. The van der Waals surface area contributed by atoms with Crippen molar-refractivity contribution in [2.45, 2.75) is 12.8 Å². The second-order valence-corrected chi connectivity index (χ2v) is 7.30. The minimum atomic E-state index is -1.05. The highest BCUT2D eigenvalue weighted by atomic mass is 35.5. The van der Waals surface area contributed by atoms with Gasteiger partial charge in [-0.25, -0.2) is 24.1 Å². The number of hydrogen-bond donors (Lipinski definition) is 2. The summed E-state index contributed by atoms with van der Waals surface area (Å²) in [4.78, 5) is 25.1. The molecule has 7 nitrogen and oxygen atoms in total. The SMILES string of the molecule is COCCCc1ncc2c(n1)c(Nc1ccc(F)c(Cl)c1)nc1cc(C(=O)O)ccc12. The number of ether oxygens (including phenoxy) is 1. The van der Waals surface area contributed by atoms with Crippen molar-refractivity contribution in [2.75, 3.05) is 19.0 Å². The summed E-state index contributed by atoms with van der Waals surface area (Å²) in [5.74, 6) is -0.554. The summed E-state index contributed by atoms with van der Waals surface area (Å²) in [5.41, 5.74) is 1.68. The van der Waals surface area contributed by atoms with Crippen LogP contribution in [0.5, 0.6) is 0 Å². The summed E-state index contributed by atoms with van der Waals surface area (Å²) >= 11 is 5.91. The molecule has 0 aliphatic heterocycles. The molecular weight excluding hydrogens is 423 g/mol. The van der Waals surface area contributed by atoms with E-state index >= 15 is 0 Å². The molecular formula is C22H18ClFN4O3. The van der Waals surface area contributed by atoms with Gasteiger partial charge in [-0.1, -0.05) is 17.7 Å². The van der Waals surface area contributed by atoms with E-state index in [2.05, 4.69) is 20.3 Å². The molecule has 0 aliphatic rings. The van der Waals surface area contributed by atoms with Gasteiger partial charge in [0, 0.05) is 42.8 Å². The quantitative estimate of drug-likeness (QED) is 0.308. The van der Waals surface area contributed by atoms with Gasteiger partial charge in [-0.15, -0.1) is 0 Å². The molecule has 0 atom stereocenters. The molecule has 2 aromatic carbocycles. The Labute approximate surface area is 181 Å². The Morgan fingerprint density at radius 2 is 2.03 bits per heavy atom. The molecule has 158 valence electrons. The number of hydrogen-bond acceptors (Lipinski definition) is 6. The van der Waals surface area contributed by atoms with E-state index in [9.17, 15) is 14.3 Å². The molecule has 9 heteroatoms. The monoisotopic (exact) mass is 440 g/mol. The largest absolute Gasteiger partial charge is 0.478 e. The zero-order valence-corrected chi connectivity index (χ0v) is 17.3. The highest BCUT2D eigenvalue weighted by molar-refractivity contribution is 6.31. The summed E-state index contributed by atoms with van der Waals surface area (Å²) in [7, 11) is 1.64. The Morgan fingerprint density at radius 3 is 2.77 bits per heavy atom. The average molecular weight is 441 g/mol. The van der Waals surface area contributed by atoms with Gasteiger partial charge in [0.2, 0.25) is 0 Å². The lowest BCUT2D eigenvalue weighted by Crippen LogP contribution is -2.03. The first kappa shape index (κ1) is 20.9. The zero-order valence-electron chi connectivity index (χ0n) is 16.5. The Hall–Kier alpha value is -3.36. The zero-order chi connectivity index (χ0) is 22.0. The standard InChI is InChI=1S/C22H18ClFN4O3/c1-31-8-2-3-19-25-11-15-14-6-4-12(22(29)30)9-18(14)27-21(20(15)28-19)26-13-5-7-17(24)16(23)10-13/h4-7,9-11H,2-3,8H2,1H3,(H,26,27)(H,29,30). The van der Waals surface area contributed by atoms with Gasteiger partial charge >= 0.3 is 5.97 Å². The number of fused-ring (bicyclic) bond motifs is 3. The molecule has 2 aromatic heterocycles. The maximum Gasteiger partial charge on any atom is 0.335 e. The van der Waals surface area contributed by atoms with E-state index in [-0.39, 0.29) is 10.6 Å². The molecule has 2 N–H and O–H groups in total. The van der Waals surface area contributed by atoms with E-state index in [1.807, 2.05) is 0 Å². The van der Waals surface area contributed by atoms with Gasteiger partial charge in [0.25, 0.3) is 0 Å². The lowest BCUT2D eigenvalue weighted by atomic mass is 10.1. The second kappa shape index (κ2) is 8.79. The van der Waals surface area contributed by atoms with Crippen LogP contribution in [0.2, 0.25) is 5.02 Å². The molecule has 0 bridgehead atoms. The Morgan fingerprint density at radius 1 is 1.19 bits per heavy atom. The third kappa shape index (κ3) is 4.40. The minimum Gasteiger partial charge on any atom is -0.478 e. The van der Waals surface area contributed by atoms with Crippen molar-refractivity contribution in [2.24, 2.45) is 0 Å². The number of carbonyl (C=O) groups is 1. The number of benzene rings is 2. The molecule has 0 amide bonds. The topological polar surface area (TPSA) is 97.2 Å². The number of methoxy groups -OCH3 is 1. The molecule has 0 aliphatic carbocycles. The van der Waals surface area contributed by atoms with Crippen LogP contribution in [-0.4, -0.2) is 39.7 Å². The molecule has 4 aromatic rings. The van der Waals surface area contributed by atoms with Crippen molar-refractivity contribution < 1.29 is 19.0 Å². The van der Waals surface area contributed by atoms with Crippen molar-refractivity contribution in [1.82, 2.24) is 15.0 Å². The highest BCUT2D eigenvalue weighted by Crippen LogP contribution is 2.31. The number of nitrogens with zero attached hydrogens (tertiary/aromatic N) is 3. The Kier molecular flexibility index (Phi) is 5.92. The smallest absolute Gasteiger partial charge is 0.335 e. The van der Waals surface area contributed by atoms with Gasteiger partial charge in [0.1, 0.15) is 17.2 Å². The van der Waals surface area contributed by atoms with E-state index in [1.54, 1.807) is 19.4 Å². The number of aryl methyl sites for hydroxylation is 1. The van der Waals surface area contributed by atoms with Crippen molar-refractivity contribution in [1.29, 1.82) is 0 Å². The summed E-state index contributed by atoms with van der Waals surface area (Å²) in [5, 5.41) is 13.9. The van der Waals surface area contributed by atoms with Crippen molar-refractivity contribution in [3.05, 3.63) is 64.8 Å². The Balaban J connectivity index is 1.87. The number of rotatable bonds is 7. The molecule has 31 heavy (non-hydrogen) atoms. The second-order valence-electron chi connectivity index (χ2n) is 6.90. The fourth-order valence-electron chi connectivity index (χ4n) is 3.25. The lowest BCUT2D eigenvalue weighted by molar-refractivity contribution is 0.0697. The van der Waals surface area contributed by atoms with Crippen LogP contribution < -0.4 is 5.32 Å². The van der Waals surface area contributed by atoms with Crippen LogP contribution in [0.4, 0.5) is 15.9 Å². The third-order valence-electron chi connectivity index (χ3n) is 4.76. The summed E-state index contributed by atoms with van der Waals surface area (Å²) in [6.45, 7) is 0.592. The molecule has 0 radical (unpaired) electrons. The number of aromatic carboxylic acids is 1. The van der Waals surface area contributed by atoms with Crippen LogP contribution in [0.25, 0.3) is 21.8 Å². The van der Waals surface area contributed by atoms with Gasteiger partial charge < -0.3 is 15.2 Å². The van der Waals surface area contributed by atoms with Crippen molar-refractivity contribution in [3.8, 4) is 0 Å². The summed E-state index contributed by atoms with van der Waals surface area (Å²) < 4.78 is 18.6. The van der Waals surface area contributed by atoms with Gasteiger partial charge in [-0.05, 0) is 36.8 Å². The summed E-state index contributed by atoms with van der Waals surface area (Å²) in [6, 6.07) is 8.94. The van der Waals surface area contributed by atoms with Gasteiger partial charge in [0.05, 0.1) is 16.1 Å². The summed E-state index contributed by atoms with van der Waals surface area (Å²) in [6.07, 6.45) is 3.10. The molecule has 0 spiro atoms. The number of anilines is 2. The van der Waals surface area contributed by atoms with Crippen molar-refractivity contribution >= 4 is 50.9 Å². The number of carboxylic acid groups (broad SMARTS) is 1. The van der Waals surface area contributed by atoms with E-state index < -0.39 is 11.8 Å². The van der Waals surface area contributed by atoms with Crippen LogP contribution in [0.15, 0.2) is 42.6 Å². The average Bonchev–Trinajstić information content (AvgIpc) is 2.76. The van der Waals surface area contributed by atoms with Crippen LogP contribution >= 0.6 is 11.6 Å². The number of aromatic nitrogens is 3. The molecule has 0 saturated heterocycles.